The van der Waals surface area contributed by atoms with E-state index in [0.717, 1.165) is 116 Å². The van der Waals surface area contributed by atoms with E-state index in [0.29, 0.717) is 76.3 Å². The number of anilines is 6. The zero-order chi connectivity index (χ0) is 86.0. The van der Waals surface area contributed by atoms with Crippen molar-refractivity contribution in [2.45, 2.75) is 236 Å². The van der Waals surface area contributed by atoms with Crippen LogP contribution in [0.4, 0.5) is 34.1 Å². The topological polar surface area (TPSA) is 346 Å². The molecular weight excluding hydrogens is 1490 g/mol. The number of unbranched alkanes of at least 4 members (excludes halogenated alkanes) is 10. The van der Waals surface area contributed by atoms with Crippen molar-refractivity contribution in [2.75, 3.05) is 62.1 Å². The Bertz CT molecular complexity index is 3850. The van der Waals surface area contributed by atoms with Crippen LogP contribution in [0.5, 0.6) is 0 Å². The molecule has 6 N–H and O–H groups in total. The fourth-order valence-electron chi connectivity index (χ4n) is 12.0. The van der Waals surface area contributed by atoms with Crippen LogP contribution in [0, 0.1) is 19.8 Å². The number of carboxylic acid groups (broad SMARTS) is 6. The van der Waals surface area contributed by atoms with Gasteiger partial charge in [-0.25, -0.2) is 0 Å². The van der Waals surface area contributed by atoms with Crippen LogP contribution in [0.2, 0.25) is 5.02 Å². The monoisotopic (exact) mass is 1610 g/mol. The maximum Gasteiger partial charge on any atom is 0.303 e. The van der Waals surface area contributed by atoms with Gasteiger partial charge >= 0.3 is 35.8 Å². The number of carbonyl (C=O) groups excluding carboxylic acids is 6. The van der Waals surface area contributed by atoms with Crippen molar-refractivity contribution in [2.24, 2.45) is 5.92 Å². The van der Waals surface area contributed by atoms with Gasteiger partial charge in [-0.15, -0.1) is 0 Å². The first-order valence-corrected chi connectivity index (χ1v) is 40.4. The molecule has 1 unspecified atom stereocenters. The second-order valence-electron chi connectivity index (χ2n) is 27.4. The number of amides is 6. The zero-order valence-electron chi connectivity index (χ0n) is 69.1. The molecule has 0 saturated carbocycles. The summed E-state index contributed by atoms with van der Waals surface area (Å²) in [6.07, 6.45) is 13.7. The summed E-state index contributed by atoms with van der Waals surface area (Å²) in [4.78, 5) is 146. The number of carboxylic acids is 6. The normalized spacial score (nSPS) is 10.5. The molecule has 25 heteroatoms. The second-order valence-corrected chi connectivity index (χ2v) is 27.9. The predicted molar refractivity (Wildman–Crippen MR) is 456 cm³/mol. The van der Waals surface area contributed by atoms with Gasteiger partial charge in [-0.05, 0) is 191 Å². The highest BCUT2D eigenvalue weighted by atomic mass is 35.5. The van der Waals surface area contributed by atoms with Crippen LogP contribution in [-0.2, 0) is 57.5 Å². The average molecular weight is 1610 g/mol. The summed E-state index contributed by atoms with van der Waals surface area (Å²) in [7, 11) is 0. The Morgan fingerprint density at radius 2 is 0.557 bits per heavy atom. The quantitative estimate of drug-likeness (QED) is 0.0194. The van der Waals surface area contributed by atoms with Crippen molar-refractivity contribution < 1.29 is 88.2 Å². The summed E-state index contributed by atoms with van der Waals surface area (Å²) < 4.78 is 0. The number of hydrogen-bond acceptors (Lipinski definition) is 12. The number of rotatable bonds is 44. The molecule has 0 radical (unpaired) electrons. The first kappa shape index (κ1) is 102. The van der Waals surface area contributed by atoms with E-state index in [1.165, 1.54) is 0 Å². The molecule has 0 heterocycles. The largest absolute Gasteiger partial charge is 0.481 e. The molecule has 0 saturated heterocycles. The molecule has 6 aromatic carbocycles. The first-order valence-electron chi connectivity index (χ1n) is 40.1. The SMILES string of the molecule is CC(C)N(C(=O)CCC(=O)O)c1ccccc1.CCN(C(=O)C(C)CCC(=O)O)c1ccccc1.CCN(C(=O)CCC(=O)O)c1ccccc1C.CCN(C(=O)CCCCC(=O)O)c1ccc(Cl)cc1.CCN(C(=O)CCCCCCCC(=O)O)c1ccccc1C.CCN(C(=O)CCCCCCCCC(=O)O)c1ccccc1. The number of benzene rings is 6. The molecule has 1 atom stereocenters. The number of aliphatic carboxylic acids is 6. The summed E-state index contributed by atoms with van der Waals surface area (Å²) >= 11 is 5.81. The average Bonchev–Trinajstić information content (AvgIpc) is 0.892. The number of hydrogen-bond donors (Lipinski definition) is 6. The Hall–Kier alpha value is -10.8. The third-order valence-electron chi connectivity index (χ3n) is 18.1. The van der Waals surface area contributed by atoms with Crippen molar-refractivity contribution in [1.82, 2.24) is 0 Å². The van der Waals surface area contributed by atoms with Gasteiger partial charge < -0.3 is 60.0 Å². The first-order chi connectivity index (χ1) is 54.9. The van der Waals surface area contributed by atoms with E-state index < -0.39 is 35.8 Å². The number of halogens is 1. The van der Waals surface area contributed by atoms with Crippen molar-refractivity contribution in [1.29, 1.82) is 0 Å². The number of carbonyl (C=O) groups is 12. The van der Waals surface area contributed by atoms with Gasteiger partial charge in [0.25, 0.3) is 0 Å². The third kappa shape index (κ3) is 44.5. The molecule has 115 heavy (non-hydrogen) atoms. The highest BCUT2D eigenvalue weighted by Gasteiger charge is 2.24. The van der Waals surface area contributed by atoms with Gasteiger partial charge in [0, 0.05) is 142 Å². The van der Waals surface area contributed by atoms with Crippen LogP contribution in [0.15, 0.2) is 164 Å². The van der Waals surface area contributed by atoms with Crippen LogP contribution >= 0.6 is 11.6 Å². The Kier molecular flexibility index (Phi) is 54.1. The second kappa shape index (κ2) is 60.8. The van der Waals surface area contributed by atoms with Crippen molar-refractivity contribution in [3.63, 3.8) is 0 Å². The molecule has 0 aliphatic heterocycles. The molecule has 0 fully saturated rings. The van der Waals surface area contributed by atoms with Crippen LogP contribution in [0.3, 0.4) is 0 Å². The Morgan fingerprint density at radius 3 is 0.896 bits per heavy atom. The highest BCUT2D eigenvalue weighted by Crippen LogP contribution is 2.26. The smallest absolute Gasteiger partial charge is 0.303 e. The number of aryl methyl sites for hydroxylation is 2. The van der Waals surface area contributed by atoms with E-state index >= 15 is 0 Å². The molecule has 0 aliphatic rings. The fraction of sp³-hybridized carbons (Fsp3) is 0.467. The highest BCUT2D eigenvalue weighted by molar-refractivity contribution is 6.30. The number of para-hydroxylation sites is 5. The molecule has 0 bridgehead atoms. The molecule has 0 aromatic heterocycles. The van der Waals surface area contributed by atoms with E-state index in [9.17, 15) is 57.5 Å². The summed E-state index contributed by atoms with van der Waals surface area (Å²) in [5, 5.41) is 52.0. The minimum Gasteiger partial charge on any atom is -0.481 e. The molecule has 0 aliphatic carbocycles. The lowest BCUT2D eigenvalue weighted by Crippen LogP contribution is -2.37. The van der Waals surface area contributed by atoms with Gasteiger partial charge in [-0.1, -0.05) is 154 Å². The van der Waals surface area contributed by atoms with Crippen molar-refractivity contribution >= 4 is 117 Å². The standard InChI is InChI=1S/2C18H27NO3.C14H18ClNO3.C14H19NO3.2C13H17NO3/c1-3-19(16-12-10-9-11-15(16)2)17(20)13-7-5-4-6-8-14-18(21)22;1-2-19(16-12-8-7-9-13-16)17(20)14-10-5-3-4-6-11-15-18(21)22;1-2-16(12-9-7-11(15)8-10-12)13(17)5-3-4-6-14(18)19;1-3-15(12-7-5-4-6-8-12)14(18)11(2)9-10-13(16)17;1-10(2)14(11-6-4-3-5-7-11)12(15)8-9-13(16)17;1-3-14(12(15)8-9-13(16)17)11-7-5-4-6-10(11)2/h9-12H,3-8,13-14H2,1-2H3,(H,21,22);7-9,12-13H,2-6,10-11,14-15H2,1H3,(H,21,22);7-10H,2-6H2,1H3,(H,18,19);4-8,11H,3,9-10H2,1-2H3,(H,16,17);3-7,10H,8-9H2,1-2H3,(H,16,17);4-7H,3,8-9H2,1-2H3,(H,16,17). The van der Waals surface area contributed by atoms with E-state index in [1.807, 2.05) is 212 Å². The van der Waals surface area contributed by atoms with E-state index in [2.05, 4.69) is 0 Å². The Balaban J connectivity index is 0.000000692. The van der Waals surface area contributed by atoms with Crippen molar-refractivity contribution in [3.05, 3.63) is 180 Å². The molecule has 6 amide bonds. The molecule has 0 spiro atoms. The van der Waals surface area contributed by atoms with Crippen LogP contribution in [-0.4, -0.2) is 141 Å². The lowest BCUT2D eigenvalue weighted by molar-refractivity contribution is -0.139. The van der Waals surface area contributed by atoms with Crippen LogP contribution in [0.25, 0.3) is 0 Å². The maximum absolute atomic E-state index is 12.4. The molecular formula is C90H125ClN6O18. The van der Waals surface area contributed by atoms with E-state index in [-0.39, 0.29) is 98.8 Å². The lowest BCUT2D eigenvalue weighted by atomic mass is 10.0. The van der Waals surface area contributed by atoms with Gasteiger partial charge in [0.05, 0.1) is 12.8 Å². The minimum atomic E-state index is -0.949. The van der Waals surface area contributed by atoms with E-state index in [1.54, 1.807) is 50.8 Å². The van der Waals surface area contributed by atoms with Gasteiger partial charge in [0.1, 0.15) is 0 Å². The molecule has 6 rings (SSSR count). The van der Waals surface area contributed by atoms with Gasteiger partial charge in [-0.2, -0.15) is 0 Å². The predicted octanol–water partition coefficient (Wildman–Crippen LogP) is 18.8. The third-order valence-corrected chi connectivity index (χ3v) is 18.4. The summed E-state index contributed by atoms with van der Waals surface area (Å²) in [5.41, 5.74) is 7.41. The van der Waals surface area contributed by atoms with Gasteiger partial charge in [0.15, 0.2) is 0 Å². The zero-order valence-corrected chi connectivity index (χ0v) is 69.9. The van der Waals surface area contributed by atoms with Crippen LogP contribution in [0.1, 0.15) is 227 Å². The lowest BCUT2D eigenvalue weighted by Gasteiger charge is -2.26. The van der Waals surface area contributed by atoms with Gasteiger partial charge in [0.2, 0.25) is 35.4 Å². The summed E-state index contributed by atoms with van der Waals surface area (Å²) in [6.45, 7) is 22.3. The number of nitrogens with zero attached hydrogens (tertiary/aromatic N) is 6. The summed E-state index contributed by atoms with van der Waals surface area (Å²) in [5.74, 6) is -5.27. The summed E-state index contributed by atoms with van der Waals surface area (Å²) in [6, 6.07) is 51.1. The molecule has 630 valence electrons. The Morgan fingerprint density at radius 1 is 0.287 bits per heavy atom. The Labute approximate surface area is 685 Å². The molecule has 24 nitrogen and oxygen atoms in total. The van der Waals surface area contributed by atoms with Crippen LogP contribution < -0.4 is 29.4 Å². The molecule has 6 aromatic rings. The van der Waals surface area contributed by atoms with Crippen molar-refractivity contribution in [3.8, 4) is 0 Å². The minimum absolute atomic E-state index is 0.00945. The maximum atomic E-state index is 12.4. The van der Waals surface area contributed by atoms with E-state index in [4.69, 9.17) is 42.2 Å². The van der Waals surface area contributed by atoms with Gasteiger partial charge in [-0.3, -0.25) is 57.5 Å². The fourth-order valence-corrected chi connectivity index (χ4v) is 12.2.